The highest BCUT2D eigenvalue weighted by Crippen LogP contribution is 2.35. The van der Waals surface area contributed by atoms with Gasteiger partial charge in [0.25, 0.3) is 0 Å². The van der Waals surface area contributed by atoms with E-state index in [0.717, 1.165) is 38.6 Å². The lowest BCUT2D eigenvalue weighted by Crippen LogP contribution is -2.25. The van der Waals surface area contributed by atoms with Crippen molar-refractivity contribution in [2.24, 2.45) is 11.8 Å². The molecule has 1 aliphatic rings. The number of fused-ring (bicyclic) bond motifs is 1. The molecular weight excluding hydrogens is 432 g/mol. The maximum absolute atomic E-state index is 12.8. The maximum atomic E-state index is 12.8. The molecule has 0 bridgehead atoms. The van der Waals surface area contributed by atoms with E-state index in [2.05, 4.69) is 24.4 Å². The van der Waals surface area contributed by atoms with Gasteiger partial charge in [-0.15, -0.1) is 0 Å². The standard InChI is InChI=1S/C27H24N2O3S/c1-16-4-2-7-23-24(16)29-27(33-23)28-20-14-12-18(13-15-20)17-8-10-19(11-9-17)25(30)21-5-3-6-22(21)26(31)32/h2,4,7-15,21-22H,3,5-6H2,1H3,(H,28,29)(H,31,32)/t21-,22?/m1/s1. The zero-order chi connectivity index (χ0) is 22.9. The predicted octanol–water partition coefficient (Wildman–Crippen LogP) is 6.70. The van der Waals surface area contributed by atoms with Gasteiger partial charge in [-0.05, 0) is 54.7 Å². The van der Waals surface area contributed by atoms with Gasteiger partial charge in [-0.2, -0.15) is 0 Å². The fourth-order valence-corrected chi connectivity index (χ4v) is 5.58. The molecule has 5 rings (SSSR count). The number of thiazole rings is 1. The van der Waals surface area contributed by atoms with E-state index in [0.29, 0.717) is 18.4 Å². The minimum absolute atomic E-state index is 0.0583. The number of benzene rings is 3. The van der Waals surface area contributed by atoms with Crippen LogP contribution in [0.4, 0.5) is 10.8 Å². The number of hydrogen-bond acceptors (Lipinski definition) is 5. The van der Waals surface area contributed by atoms with E-state index in [1.54, 1.807) is 11.3 Å². The van der Waals surface area contributed by atoms with Crippen LogP contribution in [-0.2, 0) is 4.79 Å². The summed E-state index contributed by atoms with van der Waals surface area (Å²) in [4.78, 5) is 29.0. The highest BCUT2D eigenvalue weighted by molar-refractivity contribution is 7.22. The summed E-state index contributed by atoms with van der Waals surface area (Å²) in [6, 6.07) is 21.8. The number of rotatable bonds is 6. The fraction of sp³-hybridized carbons (Fsp3) is 0.222. The van der Waals surface area contributed by atoms with E-state index in [1.807, 2.05) is 54.6 Å². The number of anilines is 2. The number of aliphatic carboxylic acids is 1. The number of carbonyl (C=O) groups is 2. The van der Waals surface area contributed by atoms with Crippen LogP contribution in [-0.4, -0.2) is 21.8 Å². The van der Waals surface area contributed by atoms with Crippen molar-refractivity contribution in [1.29, 1.82) is 0 Å². The first-order valence-corrected chi connectivity index (χ1v) is 11.9. The summed E-state index contributed by atoms with van der Waals surface area (Å²) in [5.41, 5.74) is 5.80. The molecule has 0 saturated heterocycles. The van der Waals surface area contributed by atoms with E-state index in [9.17, 15) is 14.7 Å². The van der Waals surface area contributed by atoms with Crippen molar-refractivity contribution in [1.82, 2.24) is 4.98 Å². The lowest BCUT2D eigenvalue weighted by Gasteiger charge is -2.14. The largest absolute Gasteiger partial charge is 0.481 e. The number of carboxylic acid groups (broad SMARTS) is 1. The predicted molar refractivity (Wildman–Crippen MR) is 132 cm³/mol. The number of nitrogens with zero attached hydrogens (tertiary/aromatic N) is 1. The molecule has 1 saturated carbocycles. The minimum Gasteiger partial charge on any atom is -0.481 e. The van der Waals surface area contributed by atoms with Gasteiger partial charge in [-0.1, -0.05) is 66.3 Å². The van der Waals surface area contributed by atoms with Gasteiger partial charge in [-0.3, -0.25) is 9.59 Å². The number of para-hydroxylation sites is 1. The van der Waals surface area contributed by atoms with Crippen molar-refractivity contribution >= 4 is 44.1 Å². The van der Waals surface area contributed by atoms with Crippen molar-refractivity contribution < 1.29 is 14.7 Å². The summed E-state index contributed by atoms with van der Waals surface area (Å²) in [6.45, 7) is 2.07. The Bertz CT molecular complexity index is 1330. The van der Waals surface area contributed by atoms with Crippen molar-refractivity contribution in [3.05, 3.63) is 77.9 Å². The maximum Gasteiger partial charge on any atom is 0.307 e. The van der Waals surface area contributed by atoms with Gasteiger partial charge in [0.15, 0.2) is 10.9 Å². The molecule has 1 aliphatic carbocycles. The Morgan fingerprint density at radius 1 is 0.939 bits per heavy atom. The molecule has 1 fully saturated rings. The highest BCUT2D eigenvalue weighted by Gasteiger charge is 2.37. The molecule has 33 heavy (non-hydrogen) atoms. The van der Waals surface area contributed by atoms with E-state index < -0.39 is 17.8 Å². The van der Waals surface area contributed by atoms with Crippen molar-refractivity contribution in [3.8, 4) is 11.1 Å². The Labute approximate surface area is 196 Å². The van der Waals surface area contributed by atoms with Crippen LogP contribution in [0.15, 0.2) is 66.7 Å². The molecule has 4 aromatic rings. The molecule has 1 heterocycles. The van der Waals surface area contributed by atoms with Gasteiger partial charge in [0.2, 0.25) is 0 Å². The van der Waals surface area contributed by atoms with Gasteiger partial charge in [-0.25, -0.2) is 4.98 Å². The van der Waals surface area contributed by atoms with Crippen LogP contribution in [0.1, 0.15) is 35.2 Å². The SMILES string of the molecule is Cc1cccc2sc(Nc3ccc(-c4ccc(C(=O)[C@@H]5CCCC5C(=O)O)cc4)cc3)nc12. The van der Waals surface area contributed by atoms with E-state index in [1.165, 1.54) is 5.56 Å². The summed E-state index contributed by atoms with van der Waals surface area (Å²) in [5, 5.41) is 13.6. The second-order valence-corrected chi connectivity index (χ2v) is 9.60. The van der Waals surface area contributed by atoms with Gasteiger partial charge in [0.05, 0.1) is 16.1 Å². The molecule has 6 heteroatoms. The van der Waals surface area contributed by atoms with Crippen molar-refractivity contribution in [2.75, 3.05) is 5.32 Å². The molecule has 1 unspecified atom stereocenters. The summed E-state index contributed by atoms with van der Waals surface area (Å²) >= 11 is 1.63. The number of hydrogen-bond donors (Lipinski definition) is 2. The van der Waals surface area contributed by atoms with Gasteiger partial charge in [0, 0.05) is 17.2 Å². The number of carboxylic acids is 1. The third kappa shape index (κ3) is 4.26. The zero-order valence-electron chi connectivity index (χ0n) is 18.2. The molecule has 5 nitrogen and oxygen atoms in total. The molecule has 0 spiro atoms. The molecule has 2 N–H and O–H groups in total. The van der Waals surface area contributed by atoms with Gasteiger partial charge in [0.1, 0.15) is 0 Å². The number of ketones is 1. The van der Waals surface area contributed by atoms with Crippen LogP contribution >= 0.6 is 11.3 Å². The first-order valence-electron chi connectivity index (χ1n) is 11.1. The first kappa shape index (κ1) is 21.3. The summed E-state index contributed by atoms with van der Waals surface area (Å²) < 4.78 is 1.16. The second-order valence-electron chi connectivity index (χ2n) is 8.57. The number of aryl methyl sites for hydroxylation is 1. The monoisotopic (exact) mass is 456 g/mol. The summed E-state index contributed by atoms with van der Waals surface area (Å²) in [5.74, 6) is -1.89. The normalized spacial score (nSPS) is 17.8. The Hall–Kier alpha value is -3.51. The molecule has 1 aromatic heterocycles. The zero-order valence-corrected chi connectivity index (χ0v) is 19.1. The average Bonchev–Trinajstić information content (AvgIpc) is 3.47. The molecule has 0 aliphatic heterocycles. The molecule has 0 radical (unpaired) electrons. The minimum atomic E-state index is -0.864. The Morgan fingerprint density at radius 2 is 1.61 bits per heavy atom. The third-order valence-electron chi connectivity index (χ3n) is 6.43. The second kappa shape index (κ2) is 8.79. The lowest BCUT2D eigenvalue weighted by atomic mass is 9.88. The van der Waals surface area contributed by atoms with E-state index in [4.69, 9.17) is 4.98 Å². The Kier molecular flexibility index (Phi) is 5.68. The Balaban J connectivity index is 1.29. The molecule has 3 aromatic carbocycles. The molecule has 2 atom stereocenters. The Morgan fingerprint density at radius 3 is 2.27 bits per heavy atom. The molecule has 0 amide bonds. The van der Waals surface area contributed by atoms with Crippen LogP contribution in [0.25, 0.3) is 21.3 Å². The third-order valence-corrected chi connectivity index (χ3v) is 7.37. The van der Waals surface area contributed by atoms with Crippen LogP contribution in [0.5, 0.6) is 0 Å². The lowest BCUT2D eigenvalue weighted by molar-refractivity contribution is -0.142. The number of aromatic nitrogens is 1. The van der Waals surface area contributed by atoms with Crippen LogP contribution in [0.2, 0.25) is 0 Å². The van der Waals surface area contributed by atoms with E-state index >= 15 is 0 Å². The quantitative estimate of drug-likeness (QED) is 0.316. The van der Waals surface area contributed by atoms with Crippen LogP contribution in [0, 0.1) is 18.8 Å². The molecular formula is C27H24N2O3S. The smallest absolute Gasteiger partial charge is 0.307 e. The topological polar surface area (TPSA) is 79.3 Å². The van der Waals surface area contributed by atoms with Crippen molar-refractivity contribution in [2.45, 2.75) is 26.2 Å². The van der Waals surface area contributed by atoms with Crippen LogP contribution < -0.4 is 5.32 Å². The fourth-order valence-electron chi connectivity index (χ4n) is 4.62. The molecule has 166 valence electrons. The average molecular weight is 457 g/mol. The van der Waals surface area contributed by atoms with E-state index in [-0.39, 0.29) is 5.78 Å². The summed E-state index contributed by atoms with van der Waals surface area (Å²) in [7, 11) is 0. The van der Waals surface area contributed by atoms with Gasteiger partial charge < -0.3 is 10.4 Å². The van der Waals surface area contributed by atoms with Crippen LogP contribution in [0.3, 0.4) is 0 Å². The highest BCUT2D eigenvalue weighted by atomic mass is 32.1. The number of Topliss-reactive ketones (excluding diaryl/α,β-unsaturated/α-hetero) is 1. The van der Waals surface area contributed by atoms with Gasteiger partial charge >= 0.3 is 5.97 Å². The number of carbonyl (C=O) groups excluding carboxylic acids is 1. The number of nitrogens with one attached hydrogen (secondary N) is 1. The summed E-state index contributed by atoms with van der Waals surface area (Å²) in [6.07, 6.45) is 2.03. The first-order chi connectivity index (χ1) is 16.0. The van der Waals surface area contributed by atoms with Crippen molar-refractivity contribution in [3.63, 3.8) is 0 Å².